The highest BCUT2D eigenvalue weighted by atomic mass is 16.5. The van der Waals surface area contributed by atoms with Gasteiger partial charge in [0.1, 0.15) is 11.6 Å². The van der Waals surface area contributed by atoms with E-state index in [9.17, 15) is 9.59 Å². The lowest BCUT2D eigenvalue weighted by Crippen LogP contribution is -2.42. The highest BCUT2D eigenvalue weighted by Gasteiger charge is 2.29. The molecule has 2 aliphatic rings. The van der Waals surface area contributed by atoms with Gasteiger partial charge in [-0.1, -0.05) is 42.5 Å². The van der Waals surface area contributed by atoms with Crippen LogP contribution in [0, 0.1) is 6.92 Å². The topological polar surface area (TPSA) is 112 Å². The Morgan fingerprint density at radius 1 is 1.16 bits per heavy atom. The SMILES string of the molecule is COCCCn1c(C2CCCN(C(=O)CC(N)Cc3ccc(-c4ccc5c(c4)OCC(=O)N5)cc3)C2)nc2c(C)cccc21. The van der Waals surface area contributed by atoms with Crippen molar-refractivity contribution < 1.29 is 19.1 Å². The Morgan fingerprint density at radius 3 is 2.80 bits per heavy atom. The van der Waals surface area contributed by atoms with Gasteiger partial charge >= 0.3 is 0 Å². The summed E-state index contributed by atoms with van der Waals surface area (Å²) in [4.78, 5) is 32.1. The number of rotatable bonds is 10. The van der Waals surface area contributed by atoms with E-state index in [1.54, 1.807) is 7.11 Å². The summed E-state index contributed by atoms with van der Waals surface area (Å²) >= 11 is 0. The number of aryl methyl sites for hydroxylation is 2. The molecular weight excluding hydrogens is 554 g/mol. The molecule has 230 valence electrons. The first kappa shape index (κ1) is 29.8. The van der Waals surface area contributed by atoms with Crippen molar-refractivity contribution in [2.75, 3.05) is 38.7 Å². The summed E-state index contributed by atoms with van der Waals surface area (Å²) < 4.78 is 13.2. The second kappa shape index (κ2) is 13.2. The van der Waals surface area contributed by atoms with E-state index in [0.717, 1.165) is 65.9 Å². The van der Waals surface area contributed by atoms with Gasteiger partial charge < -0.3 is 30.0 Å². The molecule has 0 bridgehead atoms. The lowest BCUT2D eigenvalue weighted by molar-refractivity contribution is -0.132. The summed E-state index contributed by atoms with van der Waals surface area (Å²) in [6.45, 7) is 5.10. The lowest BCUT2D eigenvalue weighted by Gasteiger charge is -2.33. The molecule has 1 fully saturated rings. The molecule has 4 aromatic rings. The maximum Gasteiger partial charge on any atom is 0.262 e. The number of likely N-dealkylation sites (tertiary alicyclic amines) is 1. The summed E-state index contributed by atoms with van der Waals surface area (Å²) in [6, 6.07) is 20.1. The Balaban J connectivity index is 1.08. The maximum absolute atomic E-state index is 13.4. The minimum absolute atomic E-state index is 0.0279. The molecule has 6 rings (SSSR count). The van der Waals surface area contributed by atoms with Gasteiger partial charge in [0.2, 0.25) is 5.91 Å². The summed E-state index contributed by atoms with van der Waals surface area (Å²) in [6.07, 6.45) is 3.81. The van der Waals surface area contributed by atoms with Crippen LogP contribution in [0.5, 0.6) is 5.75 Å². The van der Waals surface area contributed by atoms with Gasteiger partial charge in [-0.05, 0) is 73.1 Å². The van der Waals surface area contributed by atoms with Gasteiger partial charge in [0.15, 0.2) is 6.61 Å². The zero-order valence-corrected chi connectivity index (χ0v) is 25.6. The Labute approximate surface area is 258 Å². The summed E-state index contributed by atoms with van der Waals surface area (Å²) in [5, 5.41) is 2.82. The minimum Gasteiger partial charge on any atom is -0.482 e. The van der Waals surface area contributed by atoms with E-state index in [-0.39, 0.29) is 30.4 Å². The normalized spacial score (nSPS) is 17.2. The fraction of sp³-hybridized carbons (Fsp3) is 0.400. The number of hydrogen-bond acceptors (Lipinski definition) is 6. The summed E-state index contributed by atoms with van der Waals surface area (Å²) in [5.74, 6) is 1.90. The predicted octanol–water partition coefficient (Wildman–Crippen LogP) is 5.05. The van der Waals surface area contributed by atoms with Crippen molar-refractivity contribution in [3.63, 3.8) is 0 Å². The molecule has 2 unspecified atom stereocenters. The number of carbonyl (C=O) groups is 2. The van der Waals surface area contributed by atoms with E-state index in [1.807, 2.05) is 23.1 Å². The smallest absolute Gasteiger partial charge is 0.262 e. The molecule has 0 aliphatic carbocycles. The molecule has 3 aromatic carbocycles. The average Bonchev–Trinajstić information content (AvgIpc) is 3.41. The van der Waals surface area contributed by atoms with Crippen molar-refractivity contribution in [2.45, 2.75) is 57.5 Å². The van der Waals surface area contributed by atoms with Crippen LogP contribution < -0.4 is 15.8 Å². The molecule has 1 saturated heterocycles. The molecule has 2 amide bonds. The van der Waals surface area contributed by atoms with Crippen molar-refractivity contribution in [1.82, 2.24) is 14.5 Å². The number of carbonyl (C=O) groups excluding carboxylic acids is 2. The van der Waals surface area contributed by atoms with Crippen LogP contribution in [-0.4, -0.2) is 65.7 Å². The van der Waals surface area contributed by atoms with Gasteiger partial charge in [-0.15, -0.1) is 0 Å². The van der Waals surface area contributed by atoms with Gasteiger partial charge in [0.05, 0.1) is 16.7 Å². The van der Waals surface area contributed by atoms with E-state index in [1.165, 1.54) is 5.56 Å². The Hall–Kier alpha value is -4.21. The second-order valence-electron chi connectivity index (χ2n) is 12.0. The highest BCUT2D eigenvalue weighted by molar-refractivity contribution is 5.96. The molecule has 3 heterocycles. The standard InChI is InChI=1S/C35H41N5O4/c1-23-6-3-8-30-34(23)38-35(40(30)16-5-17-43-2)27-7-4-15-39(21-27)33(42)20-28(36)18-24-9-11-25(12-10-24)26-13-14-29-31(19-26)44-22-32(41)37-29/h3,6,8-14,19,27-28H,4-5,7,15-18,20-22,36H2,1-2H3,(H,37,41). The fourth-order valence-electron chi connectivity index (χ4n) is 6.45. The monoisotopic (exact) mass is 595 g/mol. The number of para-hydroxylation sites is 1. The number of imidazole rings is 1. The van der Waals surface area contributed by atoms with E-state index in [4.69, 9.17) is 20.2 Å². The number of anilines is 1. The first-order chi connectivity index (χ1) is 21.4. The quantitative estimate of drug-likeness (QED) is 0.249. The van der Waals surface area contributed by atoms with Crippen LogP contribution in [0.2, 0.25) is 0 Å². The number of nitrogens with one attached hydrogen (secondary N) is 1. The zero-order chi connectivity index (χ0) is 30.6. The molecule has 44 heavy (non-hydrogen) atoms. The van der Waals surface area contributed by atoms with Crippen LogP contribution in [0.1, 0.15) is 48.6 Å². The van der Waals surface area contributed by atoms with Gasteiger partial charge in [-0.3, -0.25) is 9.59 Å². The molecule has 9 heteroatoms. The number of benzene rings is 3. The van der Waals surface area contributed by atoms with Gasteiger partial charge in [-0.25, -0.2) is 4.98 Å². The van der Waals surface area contributed by atoms with Crippen LogP contribution in [0.4, 0.5) is 5.69 Å². The molecule has 2 atom stereocenters. The van der Waals surface area contributed by atoms with Crippen molar-refractivity contribution >= 4 is 28.5 Å². The fourth-order valence-corrected chi connectivity index (χ4v) is 6.45. The second-order valence-corrected chi connectivity index (χ2v) is 12.0. The molecule has 0 spiro atoms. The van der Waals surface area contributed by atoms with Crippen molar-refractivity contribution in [2.24, 2.45) is 5.73 Å². The average molecular weight is 596 g/mol. The van der Waals surface area contributed by atoms with Gasteiger partial charge in [0.25, 0.3) is 5.91 Å². The number of ether oxygens (including phenoxy) is 2. The Kier molecular flexibility index (Phi) is 8.95. The summed E-state index contributed by atoms with van der Waals surface area (Å²) in [7, 11) is 1.73. The van der Waals surface area contributed by atoms with Crippen LogP contribution in [0.15, 0.2) is 60.7 Å². The third kappa shape index (κ3) is 6.49. The molecule has 9 nitrogen and oxygen atoms in total. The third-order valence-electron chi connectivity index (χ3n) is 8.72. The zero-order valence-electron chi connectivity index (χ0n) is 25.6. The van der Waals surface area contributed by atoms with E-state index < -0.39 is 0 Å². The number of methoxy groups -OCH3 is 1. The first-order valence-electron chi connectivity index (χ1n) is 15.5. The molecular formula is C35H41N5O4. The number of aromatic nitrogens is 2. The van der Waals surface area contributed by atoms with Crippen molar-refractivity contribution in [3.8, 4) is 16.9 Å². The van der Waals surface area contributed by atoms with Gasteiger partial charge in [-0.2, -0.15) is 0 Å². The number of amides is 2. The molecule has 2 aliphatic heterocycles. The maximum atomic E-state index is 13.4. The van der Waals surface area contributed by atoms with Crippen LogP contribution >= 0.6 is 0 Å². The third-order valence-corrected chi connectivity index (χ3v) is 8.72. The first-order valence-corrected chi connectivity index (χ1v) is 15.5. The number of nitrogens with two attached hydrogens (primary N) is 1. The number of nitrogens with zero attached hydrogens (tertiary/aromatic N) is 3. The van der Waals surface area contributed by atoms with Crippen molar-refractivity contribution in [3.05, 3.63) is 77.6 Å². The Bertz CT molecular complexity index is 1650. The van der Waals surface area contributed by atoms with E-state index >= 15 is 0 Å². The predicted molar refractivity (Wildman–Crippen MR) is 172 cm³/mol. The van der Waals surface area contributed by atoms with Crippen LogP contribution in [-0.2, 0) is 27.3 Å². The number of piperidine rings is 1. The molecule has 3 N–H and O–H groups in total. The number of fused-ring (bicyclic) bond motifs is 2. The number of hydrogen-bond donors (Lipinski definition) is 2. The molecule has 0 radical (unpaired) electrons. The van der Waals surface area contributed by atoms with Crippen LogP contribution in [0.25, 0.3) is 22.2 Å². The van der Waals surface area contributed by atoms with E-state index in [2.05, 4.69) is 59.3 Å². The van der Waals surface area contributed by atoms with Gasteiger partial charge in [0, 0.05) is 51.7 Å². The Morgan fingerprint density at radius 2 is 1.98 bits per heavy atom. The largest absolute Gasteiger partial charge is 0.482 e. The molecule has 1 aromatic heterocycles. The summed E-state index contributed by atoms with van der Waals surface area (Å²) in [5.41, 5.74) is 13.7. The highest BCUT2D eigenvalue weighted by Crippen LogP contribution is 2.34. The van der Waals surface area contributed by atoms with E-state index in [0.29, 0.717) is 37.4 Å². The van der Waals surface area contributed by atoms with Crippen LogP contribution in [0.3, 0.4) is 0 Å². The lowest BCUT2D eigenvalue weighted by atomic mass is 9.95. The minimum atomic E-state index is -0.268. The molecule has 0 saturated carbocycles. The van der Waals surface area contributed by atoms with Crippen molar-refractivity contribution in [1.29, 1.82) is 0 Å².